The van der Waals surface area contributed by atoms with Gasteiger partial charge in [-0.3, -0.25) is 4.79 Å². The van der Waals surface area contributed by atoms with Crippen molar-refractivity contribution in [1.82, 2.24) is 4.90 Å². The van der Waals surface area contributed by atoms with Gasteiger partial charge in [0.15, 0.2) is 0 Å². The highest BCUT2D eigenvalue weighted by Gasteiger charge is 2.20. The van der Waals surface area contributed by atoms with Crippen molar-refractivity contribution in [3.8, 4) is 0 Å². The number of carbonyl (C=O) groups excluding carboxylic acids is 1. The molecule has 4 nitrogen and oxygen atoms in total. The number of hydrogen-bond acceptors (Lipinski definition) is 3. The Morgan fingerprint density at radius 1 is 1.47 bits per heavy atom. The summed E-state index contributed by atoms with van der Waals surface area (Å²) in [6, 6.07) is 4.03. The predicted octanol–water partition coefficient (Wildman–Crippen LogP) is 2.15. The van der Waals surface area contributed by atoms with Crippen LogP contribution in [-0.4, -0.2) is 37.6 Å². The number of rotatable bonds is 6. The smallest absolute Gasteiger partial charge is 0.256 e. The molecule has 0 aliphatic heterocycles. The van der Waals surface area contributed by atoms with E-state index in [0.29, 0.717) is 31.3 Å². The lowest BCUT2D eigenvalue weighted by atomic mass is 10.1. The number of benzene rings is 1. The molecule has 0 aliphatic rings. The highest BCUT2D eigenvalue weighted by molar-refractivity contribution is 5.95. The van der Waals surface area contributed by atoms with E-state index in [-0.39, 0.29) is 11.5 Å². The van der Waals surface area contributed by atoms with Gasteiger partial charge in [0.05, 0.1) is 12.2 Å². The van der Waals surface area contributed by atoms with E-state index in [2.05, 4.69) is 0 Å². The molecule has 0 aromatic heterocycles. The standard InChI is InChI=1S/C14H21FN2O2/c1-10(2)9-17(6-7-19-3)14(18)12-8-11(16)4-5-13(12)15/h4-5,8,10H,6-7,9,16H2,1-3H3. The molecule has 0 heterocycles. The Kier molecular flexibility index (Phi) is 5.76. The summed E-state index contributed by atoms with van der Waals surface area (Å²) in [6.45, 7) is 5.41. The average molecular weight is 268 g/mol. The van der Waals surface area contributed by atoms with Crippen molar-refractivity contribution >= 4 is 11.6 Å². The maximum absolute atomic E-state index is 13.7. The second-order valence-electron chi connectivity index (χ2n) is 4.88. The monoisotopic (exact) mass is 268 g/mol. The fourth-order valence-electron chi connectivity index (χ4n) is 1.80. The number of ether oxygens (including phenoxy) is 1. The highest BCUT2D eigenvalue weighted by Crippen LogP contribution is 2.15. The Morgan fingerprint density at radius 2 is 2.16 bits per heavy atom. The van der Waals surface area contributed by atoms with E-state index >= 15 is 0 Å². The highest BCUT2D eigenvalue weighted by atomic mass is 19.1. The SMILES string of the molecule is COCCN(CC(C)C)C(=O)c1cc(N)ccc1F. The molecule has 1 rings (SSSR count). The molecule has 0 unspecified atom stereocenters. The van der Waals surface area contributed by atoms with Crippen LogP contribution < -0.4 is 5.73 Å². The van der Waals surface area contributed by atoms with E-state index in [1.54, 1.807) is 12.0 Å². The summed E-state index contributed by atoms with van der Waals surface area (Å²) < 4.78 is 18.7. The Bertz CT molecular complexity index is 435. The van der Waals surface area contributed by atoms with Gasteiger partial charge in [-0.05, 0) is 24.1 Å². The average Bonchev–Trinajstić information content (AvgIpc) is 2.36. The van der Waals surface area contributed by atoms with Crippen LogP contribution >= 0.6 is 0 Å². The van der Waals surface area contributed by atoms with Crippen molar-refractivity contribution < 1.29 is 13.9 Å². The number of nitrogens with two attached hydrogens (primary N) is 1. The van der Waals surface area contributed by atoms with Gasteiger partial charge in [0.2, 0.25) is 0 Å². The zero-order chi connectivity index (χ0) is 14.4. The predicted molar refractivity (Wildman–Crippen MR) is 73.4 cm³/mol. The lowest BCUT2D eigenvalue weighted by molar-refractivity contribution is 0.0668. The van der Waals surface area contributed by atoms with Crippen LogP contribution in [0.1, 0.15) is 24.2 Å². The van der Waals surface area contributed by atoms with Crippen LogP contribution in [0, 0.1) is 11.7 Å². The zero-order valence-corrected chi connectivity index (χ0v) is 11.6. The molecule has 0 bridgehead atoms. The Labute approximate surface area is 113 Å². The summed E-state index contributed by atoms with van der Waals surface area (Å²) in [7, 11) is 1.57. The molecule has 1 aromatic carbocycles. The third-order valence-electron chi connectivity index (χ3n) is 2.66. The molecule has 0 saturated heterocycles. The van der Waals surface area contributed by atoms with Gasteiger partial charge in [0, 0.05) is 25.9 Å². The van der Waals surface area contributed by atoms with E-state index in [4.69, 9.17) is 10.5 Å². The quantitative estimate of drug-likeness (QED) is 0.804. The molecule has 106 valence electrons. The maximum atomic E-state index is 13.7. The first kappa shape index (κ1) is 15.4. The largest absolute Gasteiger partial charge is 0.399 e. The zero-order valence-electron chi connectivity index (χ0n) is 11.6. The van der Waals surface area contributed by atoms with E-state index in [9.17, 15) is 9.18 Å². The Hall–Kier alpha value is -1.62. The number of amides is 1. The molecular formula is C14H21FN2O2. The van der Waals surface area contributed by atoms with Gasteiger partial charge in [0.25, 0.3) is 5.91 Å². The Balaban J connectivity index is 2.93. The minimum atomic E-state index is -0.551. The summed E-state index contributed by atoms with van der Waals surface area (Å²) in [4.78, 5) is 13.9. The molecule has 5 heteroatoms. The number of halogens is 1. The molecule has 0 saturated carbocycles. The molecule has 0 aliphatic carbocycles. The van der Waals surface area contributed by atoms with Crippen LogP contribution in [0.4, 0.5) is 10.1 Å². The summed E-state index contributed by atoms with van der Waals surface area (Å²) in [5.74, 6) is -0.606. The fourth-order valence-corrected chi connectivity index (χ4v) is 1.80. The van der Waals surface area contributed by atoms with Gasteiger partial charge in [-0.2, -0.15) is 0 Å². The van der Waals surface area contributed by atoms with Gasteiger partial charge in [-0.1, -0.05) is 13.8 Å². The maximum Gasteiger partial charge on any atom is 0.256 e. The lowest BCUT2D eigenvalue weighted by Crippen LogP contribution is -2.37. The number of carbonyl (C=O) groups is 1. The minimum Gasteiger partial charge on any atom is -0.399 e. The van der Waals surface area contributed by atoms with Gasteiger partial charge in [-0.15, -0.1) is 0 Å². The van der Waals surface area contributed by atoms with E-state index in [1.165, 1.54) is 18.2 Å². The minimum absolute atomic E-state index is 0.0109. The fraction of sp³-hybridized carbons (Fsp3) is 0.500. The molecule has 0 radical (unpaired) electrons. The lowest BCUT2D eigenvalue weighted by Gasteiger charge is -2.24. The normalized spacial score (nSPS) is 10.8. The van der Waals surface area contributed by atoms with Crippen molar-refractivity contribution in [1.29, 1.82) is 0 Å². The van der Waals surface area contributed by atoms with Gasteiger partial charge in [0.1, 0.15) is 5.82 Å². The Morgan fingerprint density at radius 3 is 2.74 bits per heavy atom. The number of hydrogen-bond donors (Lipinski definition) is 1. The second kappa shape index (κ2) is 7.09. The van der Waals surface area contributed by atoms with Gasteiger partial charge >= 0.3 is 0 Å². The summed E-state index contributed by atoms with van der Waals surface area (Å²) in [5, 5.41) is 0. The van der Waals surface area contributed by atoms with Crippen LogP contribution in [-0.2, 0) is 4.74 Å². The van der Waals surface area contributed by atoms with Crippen molar-refractivity contribution in [3.63, 3.8) is 0 Å². The molecule has 1 amide bonds. The van der Waals surface area contributed by atoms with Gasteiger partial charge in [-0.25, -0.2) is 4.39 Å². The molecule has 19 heavy (non-hydrogen) atoms. The van der Waals surface area contributed by atoms with Crippen LogP contribution in [0.5, 0.6) is 0 Å². The van der Waals surface area contributed by atoms with Crippen molar-refractivity contribution in [3.05, 3.63) is 29.6 Å². The van der Waals surface area contributed by atoms with Crippen molar-refractivity contribution in [2.45, 2.75) is 13.8 Å². The third-order valence-corrected chi connectivity index (χ3v) is 2.66. The summed E-state index contributed by atoms with van der Waals surface area (Å²) in [5.41, 5.74) is 5.99. The van der Waals surface area contributed by atoms with Crippen LogP contribution in [0.15, 0.2) is 18.2 Å². The number of anilines is 1. The van der Waals surface area contributed by atoms with Crippen LogP contribution in [0.25, 0.3) is 0 Å². The molecule has 0 atom stereocenters. The topological polar surface area (TPSA) is 55.6 Å². The first-order valence-electron chi connectivity index (χ1n) is 6.29. The van der Waals surface area contributed by atoms with Crippen molar-refractivity contribution in [2.75, 3.05) is 32.5 Å². The van der Waals surface area contributed by atoms with E-state index in [0.717, 1.165) is 0 Å². The molecular weight excluding hydrogens is 247 g/mol. The van der Waals surface area contributed by atoms with Gasteiger partial charge < -0.3 is 15.4 Å². The number of methoxy groups -OCH3 is 1. The summed E-state index contributed by atoms with van der Waals surface area (Å²) in [6.07, 6.45) is 0. The number of nitrogens with zero attached hydrogens (tertiary/aromatic N) is 1. The first-order valence-corrected chi connectivity index (χ1v) is 6.29. The molecule has 2 N–H and O–H groups in total. The molecule has 0 spiro atoms. The first-order chi connectivity index (χ1) is 8.95. The molecule has 0 fully saturated rings. The van der Waals surface area contributed by atoms with E-state index in [1.807, 2.05) is 13.8 Å². The number of nitrogen functional groups attached to an aromatic ring is 1. The molecule has 1 aromatic rings. The van der Waals surface area contributed by atoms with Crippen LogP contribution in [0.3, 0.4) is 0 Å². The third kappa shape index (κ3) is 4.52. The van der Waals surface area contributed by atoms with E-state index < -0.39 is 5.82 Å². The van der Waals surface area contributed by atoms with Crippen molar-refractivity contribution in [2.24, 2.45) is 5.92 Å². The second-order valence-corrected chi connectivity index (χ2v) is 4.88. The van der Waals surface area contributed by atoms with Crippen LogP contribution in [0.2, 0.25) is 0 Å². The summed E-state index contributed by atoms with van der Waals surface area (Å²) >= 11 is 0.